The molecule has 0 saturated carbocycles. The van der Waals surface area contributed by atoms with Crippen LogP contribution in [0.3, 0.4) is 0 Å². The van der Waals surface area contributed by atoms with Crippen LogP contribution in [0.2, 0.25) is 0 Å². The van der Waals surface area contributed by atoms with Crippen molar-refractivity contribution in [2.45, 2.75) is 25.8 Å². The van der Waals surface area contributed by atoms with Gasteiger partial charge >= 0.3 is 0 Å². The van der Waals surface area contributed by atoms with E-state index in [2.05, 4.69) is 64.0 Å². The standard InChI is InChI=1S/C22H25N5/c1-26-20-11-5-4-10-19(20)25-22(26)15-27-12-6-7-16(14-27)13-21-23-17-8-2-3-9-18(17)24-21/h2-5,8-11,16H,6-7,12-15H2,1H3,(H,23,24)/t16-/m0/s1. The van der Waals surface area contributed by atoms with Crippen molar-refractivity contribution in [3.8, 4) is 0 Å². The molecule has 0 unspecified atom stereocenters. The van der Waals surface area contributed by atoms with Crippen LogP contribution < -0.4 is 0 Å². The normalized spacial score (nSPS) is 18.5. The fourth-order valence-electron chi connectivity index (χ4n) is 4.37. The summed E-state index contributed by atoms with van der Waals surface area (Å²) in [7, 11) is 2.13. The highest BCUT2D eigenvalue weighted by molar-refractivity contribution is 5.76. The van der Waals surface area contributed by atoms with E-state index in [0.29, 0.717) is 5.92 Å². The number of imidazole rings is 2. The van der Waals surface area contributed by atoms with Crippen molar-refractivity contribution < 1.29 is 0 Å². The van der Waals surface area contributed by atoms with Crippen LogP contribution in [0.15, 0.2) is 48.5 Å². The number of H-pyrrole nitrogens is 1. The quantitative estimate of drug-likeness (QED) is 0.601. The van der Waals surface area contributed by atoms with E-state index < -0.39 is 0 Å². The molecular weight excluding hydrogens is 334 g/mol. The molecule has 2 aromatic carbocycles. The predicted octanol–water partition coefficient (Wildman–Crippen LogP) is 3.90. The summed E-state index contributed by atoms with van der Waals surface area (Å²) < 4.78 is 2.23. The molecule has 27 heavy (non-hydrogen) atoms. The Balaban J connectivity index is 1.29. The number of aromatic amines is 1. The van der Waals surface area contributed by atoms with E-state index in [4.69, 9.17) is 9.97 Å². The predicted molar refractivity (Wildman–Crippen MR) is 109 cm³/mol. The maximum absolute atomic E-state index is 4.85. The van der Waals surface area contributed by atoms with Crippen LogP contribution in [0.25, 0.3) is 22.1 Å². The largest absolute Gasteiger partial charge is 0.342 e. The minimum absolute atomic E-state index is 0.647. The summed E-state index contributed by atoms with van der Waals surface area (Å²) in [6, 6.07) is 16.7. The smallest absolute Gasteiger partial charge is 0.123 e. The average Bonchev–Trinajstić information content (AvgIpc) is 3.23. The van der Waals surface area contributed by atoms with Gasteiger partial charge in [-0.15, -0.1) is 0 Å². The Morgan fingerprint density at radius 3 is 2.70 bits per heavy atom. The van der Waals surface area contributed by atoms with Gasteiger partial charge in [0, 0.05) is 20.0 Å². The van der Waals surface area contributed by atoms with E-state index in [9.17, 15) is 0 Å². The minimum Gasteiger partial charge on any atom is -0.342 e. The summed E-state index contributed by atoms with van der Waals surface area (Å²) in [5, 5.41) is 0. The number of piperidine rings is 1. The minimum atomic E-state index is 0.647. The van der Waals surface area contributed by atoms with Crippen molar-refractivity contribution >= 4 is 22.1 Å². The summed E-state index contributed by atoms with van der Waals surface area (Å²) in [6.07, 6.45) is 3.54. The fraction of sp³-hybridized carbons (Fsp3) is 0.364. The van der Waals surface area contributed by atoms with E-state index >= 15 is 0 Å². The summed E-state index contributed by atoms with van der Waals surface area (Å²) in [6.45, 7) is 3.18. The highest BCUT2D eigenvalue weighted by atomic mass is 15.2. The second-order valence-electron chi connectivity index (χ2n) is 7.72. The molecule has 5 rings (SSSR count). The molecule has 0 radical (unpaired) electrons. The van der Waals surface area contributed by atoms with Crippen LogP contribution >= 0.6 is 0 Å². The first-order valence-electron chi connectivity index (χ1n) is 9.82. The topological polar surface area (TPSA) is 49.7 Å². The number of aromatic nitrogens is 4. The summed E-state index contributed by atoms with van der Waals surface area (Å²) in [5.74, 6) is 2.92. The molecular formula is C22H25N5. The Hall–Kier alpha value is -2.66. The molecule has 4 aromatic rings. The van der Waals surface area contributed by atoms with Gasteiger partial charge in [-0.3, -0.25) is 4.90 Å². The number of aryl methyl sites for hydroxylation is 1. The Labute approximate surface area is 159 Å². The molecule has 1 atom stereocenters. The van der Waals surface area contributed by atoms with Crippen LogP contribution in [0.4, 0.5) is 0 Å². The van der Waals surface area contributed by atoms with Crippen molar-refractivity contribution in [2.24, 2.45) is 13.0 Å². The molecule has 138 valence electrons. The number of nitrogens with one attached hydrogen (secondary N) is 1. The molecule has 1 aliphatic rings. The van der Waals surface area contributed by atoms with E-state index in [1.165, 1.54) is 18.4 Å². The monoisotopic (exact) mass is 359 g/mol. The van der Waals surface area contributed by atoms with E-state index in [-0.39, 0.29) is 0 Å². The molecule has 1 aliphatic heterocycles. The molecule has 3 heterocycles. The summed E-state index contributed by atoms with van der Waals surface area (Å²) >= 11 is 0. The fourth-order valence-corrected chi connectivity index (χ4v) is 4.37. The second kappa shape index (κ2) is 6.82. The molecule has 0 amide bonds. The first-order chi connectivity index (χ1) is 13.3. The molecule has 0 spiro atoms. The zero-order valence-electron chi connectivity index (χ0n) is 15.7. The lowest BCUT2D eigenvalue weighted by molar-refractivity contribution is 0.161. The lowest BCUT2D eigenvalue weighted by atomic mass is 9.94. The van der Waals surface area contributed by atoms with Gasteiger partial charge in [-0.25, -0.2) is 9.97 Å². The number of fused-ring (bicyclic) bond motifs is 2. The Kier molecular flexibility index (Phi) is 4.17. The SMILES string of the molecule is Cn1c(CN2CCC[C@@H](Cc3nc4ccccc4[nH]3)C2)nc2ccccc21. The number of benzene rings is 2. The molecule has 1 N–H and O–H groups in total. The van der Waals surface area contributed by atoms with Gasteiger partial charge in [0.15, 0.2) is 0 Å². The highest BCUT2D eigenvalue weighted by Crippen LogP contribution is 2.23. The second-order valence-corrected chi connectivity index (χ2v) is 7.72. The van der Waals surface area contributed by atoms with Crippen LogP contribution in [-0.2, 0) is 20.0 Å². The van der Waals surface area contributed by atoms with Crippen molar-refractivity contribution in [2.75, 3.05) is 13.1 Å². The maximum Gasteiger partial charge on any atom is 0.123 e. The number of hydrogen-bond acceptors (Lipinski definition) is 3. The zero-order chi connectivity index (χ0) is 18.2. The Bertz CT molecular complexity index is 1040. The molecule has 0 aliphatic carbocycles. The zero-order valence-corrected chi connectivity index (χ0v) is 15.7. The van der Waals surface area contributed by atoms with E-state index in [0.717, 1.165) is 54.3 Å². The van der Waals surface area contributed by atoms with Gasteiger partial charge in [-0.1, -0.05) is 24.3 Å². The Morgan fingerprint density at radius 2 is 1.85 bits per heavy atom. The van der Waals surface area contributed by atoms with Gasteiger partial charge in [0.2, 0.25) is 0 Å². The number of nitrogens with zero attached hydrogens (tertiary/aromatic N) is 4. The van der Waals surface area contributed by atoms with E-state index in [1.807, 2.05) is 6.07 Å². The van der Waals surface area contributed by atoms with Crippen LogP contribution in [0.5, 0.6) is 0 Å². The molecule has 0 bridgehead atoms. The van der Waals surface area contributed by atoms with Crippen molar-refractivity contribution in [3.05, 3.63) is 60.2 Å². The third kappa shape index (κ3) is 3.23. The van der Waals surface area contributed by atoms with E-state index in [1.54, 1.807) is 0 Å². The van der Waals surface area contributed by atoms with Crippen LogP contribution in [0, 0.1) is 5.92 Å². The molecule has 1 fully saturated rings. The first-order valence-corrected chi connectivity index (χ1v) is 9.82. The Morgan fingerprint density at radius 1 is 1.04 bits per heavy atom. The van der Waals surface area contributed by atoms with Crippen molar-refractivity contribution in [1.82, 2.24) is 24.4 Å². The number of hydrogen-bond donors (Lipinski definition) is 1. The lowest BCUT2D eigenvalue weighted by Gasteiger charge is -2.32. The third-order valence-corrected chi connectivity index (χ3v) is 5.77. The third-order valence-electron chi connectivity index (χ3n) is 5.77. The van der Waals surface area contributed by atoms with Gasteiger partial charge in [-0.05, 0) is 49.6 Å². The van der Waals surface area contributed by atoms with Crippen molar-refractivity contribution in [1.29, 1.82) is 0 Å². The van der Waals surface area contributed by atoms with Gasteiger partial charge in [0.25, 0.3) is 0 Å². The maximum atomic E-state index is 4.85. The summed E-state index contributed by atoms with van der Waals surface area (Å²) in [4.78, 5) is 15.7. The van der Waals surface area contributed by atoms with Crippen LogP contribution in [0.1, 0.15) is 24.5 Å². The average molecular weight is 359 g/mol. The van der Waals surface area contributed by atoms with Crippen LogP contribution in [-0.4, -0.2) is 37.5 Å². The highest BCUT2D eigenvalue weighted by Gasteiger charge is 2.22. The number of likely N-dealkylation sites (tertiary alicyclic amines) is 1. The van der Waals surface area contributed by atoms with Crippen molar-refractivity contribution in [3.63, 3.8) is 0 Å². The molecule has 5 nitrogen and oxygen atoms in total. The van der Waals surface area contributed by atoms with Gasteiger partial charge in [-0.2, -0.15) is 0 Å². The van der Waals surface area contributed by atoms with Gasteiger partial charge in [0.05, 0.1) is 28.6 Å². The number of para-hydroxylation sites is 4. The molecule has 1 saturated heterocycles. The molecule has 5 heteroatoms. The van der Waals surface area contributed by atoms with Gasteiger partial charge < -0.3 is 9.55 Å². The lowest BCUT2D eigenvalue weighted by Crippen LogP contribution is -2.36. The van der Waals surface area contributed by atoms with Gasteiger partial charge in [0.1, 0.15) is 11.6 Å². The summed E-state index contributed by atoms with van der Waals surface area (Å²) in [5.41, 5.74) is 4.51. The number of rotatable bonds is 4. The first kappa shape index (κ1) is 16.5. The molecule has 2 aromatic heterocycles.